The van der Waals surface area contributed by atoms with Crippen molar-refractivity contribution in [3.63, 3.8) is 0 Å². The van der Waals surface area contributed by atoms with Gasteiger partial charge < -0.3 is 15.1 Å². The molecule has 2 aromatic heterocycles. The summed E-state index contributed by atoms with van der Waals surface area (Å²) < 4.78 is 0. The summed E-state index contributed by atoms with van der Waals surface area (Å²) in [7, 11) is 0. The fraction of sp³-hybridized carbons (Fsp3) is 0.533. The molecule has 2 aliphatic rings. The van der Waals surface area contributed by atoms with Crippen molar-refractivity contribution in [2.24, 2.45) is 0 Å². The summed E-state index contributed by atoms with van der Waals surface area (Å²) in [6.07, 6.45) is 1.83. The molecule has 0 atom stereocenters. The highest BCUT2D eigenvalue weighted by Crippen LogP contribution is 2.26. The van der Waals surface area contributed by atoms with Gasteiger partial charge in [-0.2, -0.15) is 16.7 Å². The van der Waals surface area contributed by atoms with Gasteiger partial charge in [0.2, 0.25) is 5.95 Å². The van der Waals surface area contributed by atoms with Crippen LogP contribution in [-0.4, -0.2) is 65.7 Å². The van der Waals surface area contributed by atoms with Crippen molar-refractivity contribution in [1.29, 1.82) is 0 Å². The van der Waals surface area contributed by atoms with E-state index in [0.717, 1.165) is 73.6 Å². The van der Waals surface area contributed by atoms with Gasteiger partial charge in [-0.25, -0.2) is 4.98 Å². The molecule has 0 spiro atoms. The molecule has 6 nitrogen and oxygen atoms in total. The number of hydrogen-bond donors (Lipinski definition) is 1. The van der Waals surface area contributed by atoms with Gasteiger partial charge in [-0.3, -0.25) is 4.98 Å². The van der Waals surface area contributed by atoms with Crippen LogP contribution >= 0.6 is 11.8 Å². The smallest absolute Gasteiger partial charge is 0.228 e. The Kier molecular flexibility index (Phi) is 3.99. The van der Waals surface area contributed by atoms with E-state index >= 15 is 0 Å². The first kappa shape index (κ1) is 14.0. The molecule has 2 saturated heterocycles. The highest BCUT2D eigenvalue weighted by atomic mass is 32.2. The Balaban J connectivity index is 1.78. The summed E-state index contributed by atoms with van der Waals surface area (Å²) in [5.41, 5.74) is 1.86. The Morgan fingerprint density at radius 1 is 1.00 bits per heavy atom. The number of pyridine rings is 1. The standard InChI is InChI=1S/C15H20N6S/c1-2-12-13(17-3-1)14(20-6-4-16-5-7-20)19-15(18-12)21-8-10-22-11-9-21/h1-3,16H,4-11H2. The number of hydrogen-bond acceptors (Lipinski definition) is 7. The molecule has 2 fully saturated rings. The Labute approximate surface area is 134 Å². The molecule has 22 heavy (non-hydrogen) atoms. The lowest BCUT2D eigenvalue weighted by Gasteiger charge is -2.31. The van der Waals surface area contributed by atoms with Crippen molar-refractivity contribution in [2.75, 3.05) is 60.6 Å². The van der Waals surface area contributed by atoms with Gasteiger partial charge in [-0.1, -0.05) is 0 Å². The Bertz CT molecular complexity index is 652. The van der Waals surface area contributed by atoms with Gasteiger partial charge in [-0.05, 0) is 12.1 Å². The quantitative estimate of drug-likeness (QED) is 0.886. The maximum absolute atomic E-state index is 4.89. The van der Waals surface area contributed by atoms with Crippen molar-refractivity contribution in [1.82, 2.24) is 20.3 Å². The summed E-state index contributed by atoms with van der Waals surface area (Å²) in [5, 5.41) is 3.39. The predicted molar refractivity (Wildman–Crippen MR) is 92.0 cm³/mol. The molecule has 0 unspecified atom stereocenters. The second-order valence-electron chi connectivity index (χ2n) is 5.55. The van der Waals surface area contributed by atoms with Crippen LogP contribution in [0.3, 0.4) is 0 Å². The van der Waals surface area contributed by atoms with E-state index in [9.17, 15) is 0 Å². The van der Waals surface area contributed by atoms with Crippen molar-refractivity contribution in [3.05, 3.63) is 18.3 Å². The van der Waals surface area contributed by atoms with Gasteiger partial charge in [0.05, 0.1) is 5.52 Å². The minimum atomic E-state index is 0.856. The van der Waals surface area contributed by atoms with Crippen LogP contribution in [0.1, 0.15) is 0 Å². The number of thioether (sulfide) groups is 1. The number of rotatable bonds is 2. The molecule has 4 rings (SSSR count). The van der Waals surface area contributed by atoms with Gasteiger partial charge >= 0.3 is 0 Å². The van der Waals surface area contributed by atoms with Crippen molar-refractivity contribution in [3.8, 4) is 0 Å². The van der Waals surface area contributed by atoms with Gasteiger partial charge in [0, 0.05) is 57.0 Å². The van der Waals surface area contributed by atoms with Gasteiger partial charge in [-0.15, -0.1) is 0 Å². The molecule has 7 heteroatoms. The maximum Gasteiger partial charge on any atom is 0.228 e. The van der Waals surface area contributed by atoms with E-state index in [-0.39, 0.29) is 0 Å². The number of aromatic nitrogens is 3. The minimum absolute atomic E-state index is 0.856. The van der Waals surface area contributed by atoms with E-state index in [1.807, 2.05) is 30.1 Å². The van der Waals surface area contributed by atoms with Gasteiger partial charge in [0.25, 0.3) is 0 Å². The zero-order valence-electron chi connectivity index (χ0n) is 12.5. The molecule has 2 aliphatic heterocycles. The molecule has 116 valence electrons. The Morgan fingerprint density at radius 2 is 1.82 bits per heavy atom. The van der Waals surface area contributed by atoms with Crippen LogP contribution in [0.5, 0.6) is 0 Å². The molecule has 0 amide bonds. The zero-order chi connectivity index (χ0) is 14.8. The number of nitrogens with one attached hydrogen (secondary N) is 1. The average Bonchev–Trinajstić information content (AvgIpc) is 2.62. The van der Waals surface area contributed by atoms with E-state index in [1.54, 1.807) is 0 Å². The summed E-state index contributed by atoms with van der Waals surface area (Å²) in [6.45, 7) is 5.98. The van der Waals surface area contributed by atoms with Gasteiger partial charge in [0.1, 0.15) is 5.52 Å². The monoisotopic (exact) mass is 316 g/mol. The number of fused-ring (bicyclic) bond motifs is 1. The lowest BCUT2D eigenvalue weighted by atomic mass is 10.3. The highest BCUT2D eigenvalue weighted by Gasteiger charge is 2.21. The summed E-state index contributed by atoms with van der Waals surface area (Å²) >= 11 is 2.00. The zero-order valence-corrected chi connectivity index (χ0v) is 13.3. The number of nitrogens with zero attached hydrogens (tertiary/aromatic N) is 5. The molecule has 0 aliphatic carbocycles. The van der Waals surface area contributed by atoms with E-state index in [1.165, 1.54) is 0 Å². The molecule has 0 aromatic carbocycles. The normalized spacial score (nSPS) is 19.6. The van der Waals surface area contributed by atoms with Crippen LogP contribution < -0.4 is 15.1 Å². The Hall–Kier alpha value is -1.60. The lowest BCUT2D eigenvalue weighted by Crippen LogP contribution is -2.44. The van der Waals surface area contributed by atoms with Crippen LogP contribution in [0, 0.1) is 0 Å². The molecule has 0 radical (unpaired) electrons. The second-order valence-corrected chi connectivity index (χ2v) is 6.78. The fourth-order valence-corrected chi connectivity index (χ4v) is 3.84. The SMILES string of the molecule is c1cnc2c(N3CCNCC3)nc(N3CCSCC3)nc2c1. The van der Waals surface area contributed by atoms with Crippen LogP contribution in [0.25, 0.3) is 11.0 Å². The highest BCUT2D eigenvalue weighted by molar-refractivity contribution is 7.99. The third-order valence-electron chi connectivity index (χ3n) is 4.14. The fourth-order valence-electron chi connectivity index (χ4n) is 2.94. The third kappa shape index (κ3) is 2.70. The molecule has 0 bridgehead atoms. The number of anilines is 2. The third-order valence-corrected chi connectivity index (χ3v) is 5.08. The van der Waals surface area contributed by atoms with Crippen molar-refractivity contribution >= 4 is 34.6 Å². The summed E-state index contributed by atoms with van der Waals surface area (Å²) in [6, 6.07) is 3.99. The molecule has 0 saturated carbocycles. The maximum atomic E-state index is 4.89. The second kappa shape index (κ2) is 6.26. The molecule has 4 heterocycles. The minimum Gasteiger partial charge on any atom is -0.352 e. The van der Waals surface area contributed by atoms with E-state index in [2.05, 4.69) is 20.1 Å². The van der Waals surface area contributed by atoms with E-state index in [0.29, 0.717) is 0 Å². The van der Waals surface area contributed by atoms with Crippen molar-refractivity contribution in [2.45, 2.75) is 0 Å². The summed E-state index contributed by atoms with van der Waals surface area (Å²) in [4.78, 5) is 18.8. The van der Waals surface area contributed by atoms with Gasteiger partial charge in [0.15, 0.2) is 5.82 Å². The van der Waals surface area contributed by atoms with Crippen molar-refractivity contribution < 1.29 is 0 Å². The van der Waals surface area contributed by atoms with E-state index in [4.69, 9.17) is 9.97 Å². The molecular weight excluding hydrogens is 296 g/mol. The Morgan fingerprint density at radius 3 is 2.64 bits per heavy atom. The van der Waals surface area contributed by atoms with Crippen LogP contribution in [0.4, 0.5) is 11.8 Å². The van der Waals surface area contributed by atoms with Crippen LogP contribution in [0.15, 0.2) is 18.3 Å². The first-order valence-corrected chi connectivity index (χ1v) is 8.98. The van der Waals surface area contributed by atoms with Crippen LogP contribution in [0.2, 0.25) is 0 Å². The topological polar surface area (TPSA) is 57.2 Å². The predicted octanol–water partition coefficient (Wildman–Crippen LogP) is 0.988. The molecule has 2 aromatic rings. The summed E-state index contributed by atoms with van der Waals surface area (Å²) in [5.74, 6) is 4.14. The molecular formula is C15H20N6S. The largest absolute Gasteiger partial charge is 0.352 e. The lowest BCUT2D eigenvalue weighted by molar-refractivity contribution is 0.585. The first-order valence-electron chi connectivity index (χ1n) is 7.83. The average molecular weight is 316 g/mol. The first-order chi connectivity index (χ1) is 10.9. The molecule has 1 N–H and O–H groups in total. The van der Waals surface area contributed by atoms with Crippen LogP contribution in [-0.2, 0) is 0 Å². The van der Waals surface area contributed by atoms with E-state index < -0.39 is 0 Å². The number of piperazine rings is 1.